The van der Waals surface area contributed by atoms with Crippen molar-refractivity contribution in [3.05, 3.63) is 53.9 Å². The molecule has 1 aromatic carbocycles. The fourth-order valence-electron chi connectivity index (χ4n) is 4.32. The summed E-state index contributed by atoms with van der Waals surface area (Å²) in [5.74, 6) is 1.39. The predicted octanol–water partition coefficient (Wildman–Crippen LogP) is 7.95. The van der Waals surface area contributed by atoms with Crippen molar-refractivity contribution in [1.29, 1.82) is 0 Å². The number of rotatable bonds is 6. The third-order valence-corrected chi connectivity index (χ3v) is 7.01. The maximum absolute atomic E-state index is 6.37. The van der Waals surface area contributed by atoms with Gasteiger partial charge < -0.3 is 15.0 Å². The van der Waals surface area contributed by atoms with E-state index >= 15 is 0 Å². The van der Waals surface area contributed by atoms with Gasteiger partial charge >= 0.3 is 0 Å². The molecule has 0 radical (unpaired) electrons. The first kappa shape index (κ1) is 24.5. The maximum Gasteiger partial charge on any atom is 0.243 e. The molecule has 0 bridgehead atoms. The first-order chi connectivity index (χ1) is 16.1. The summed E-state index contributed by atoms with van der Waals surface area (Å²) in [6.07, 6.45) is 6.55. The van der Waals surface area contributed by atoms with Crippen molar-refractivity contribution >= 4 is 27.2 Å². The van der Waals surface area contributed by atoms with Gasteiger partial charge in [0, 0.05) is 24.8 Å². The summed E-state index contributed by atoms with van der Waals surface area (Å²) in [6, 6.07) is 12.1. The summed E-state index contributed by atoms with van der Waals surface area (Å²) in [4.78, 5) is 12.1. The van der Waals surface area contributed by atoms with E-state index in [9.17, 15) is 0 Å². The van der Waals surface area contributed by atoms with E-state index in [4.69, 9.17) is 9.72 Å². The van der Waals surface area contributed by atoms with Crippen molar-refractivity contribution < 1.29 is 4.74 Å². The molecule has 182 valence electrons. The highest BCUT2D eigenvalue weighted by atomic mass is 32.1. The topological polar surface area (TPSA) is 50.3 Å². The van der Waals surface area contributed by atoms with Crippen LogP contribution in [0.25, 0.3) is 0 Å². The third-order valence-electron chi connectivity index (χ3n) is 5.93. The maximum atomic E-state index is 6.37. The lowest BCUT2D eigenvalue weighted by atomic mass is 9.86. The third kappa shape index (κ3) is 6.09. The zero-order chi connectivity index (χ0) is 24.3. The highest BCUT2D eigenvalue weighted by Gasteiger charge is 2.24. The molecule has 1 fully saturated rings. The normalized spacial score (nSPS) is 14.8. The van der Waals surface area contributed by atoms with Gasteiger partial charge in [-0.3, -0.25) is 0 Å². The molecule has 3 heterocycles. The van der Waals surface area contributed by atoms with Crippen LogP contribution in [0.1, 0.15) is 72.1 Å². The second-order valence-corrected chi connectivity index (χ2v) is 12.4. The zero-order valence-electron chi connectivity index (χ0n) is 21.4. The highest BCUT2D eigenvalue weighted by Crippen LogP contribution is 2.40. The van der Waals surface area contributed by atoms with Crippen LogP contribution in [0.4, 0.5) is 15.8 Å². The summed E-state index contributed by atoms with van der Waals surface area (Å²) >= 11 is 1.74. The van der Waals surface area contributed by atoms with Crippen molar-refractivity contribution in [3.8, 4) is 11.6 Å². The minimum atomic E-state index is -0.0283. The molecule has 0 unspecified atom stereocenters. The Hall–Kier alpha value is -2.60. The smallest absolute Gasteiger partial charge is 0.243 e. The van der Waals surface area contributed by atoms with Crippen LogP contribution < -0.4 is 15.0 Å². The quantitative estimate of drug-likeness (QED) is 0.389. The van der Waals surface area contributed by atoms with Gasteiger partial charge in [-0.15, -0.1) is 0 Å². The van der Waals surface area contributed by atoms with Crippen molar-refractivity contribution in [2.45, 2.75) is 72.6 Å². The molecule has 0 saturated carbocycles. The number of thiazole rings is 1. The van der Waals surface area contributed by atoms with Gasteiger partial charge in [0.15, 0.2) is 5.13 Å². The fraction of sp³-hybridized carbons (Fsp3) is 0.500. The van der Waals surface area contributed by atoms with Crippen LogP contribution in [-0.4, -0.2) is 23.1 Å². The first-order valence-electron chi connectivity index (χ1n) is 12.3. The van der Waals surface area contributed by atoms with E-state index < -0.39 is 0 Å². The number of pyridine rings is 1. The second-order valence-electron chi connectivity index (χ2n) is 11.4. The van der Waals surface area contributed by atoms with E-state index in [0.29, 0.717) is 5.88 Å². The van der Waals surface area contributed by atoms with Crippen molar-refractivity contribution in [2.24, 2.45) is 5.41 Å². The number of ether oxygens (including phenoxy) is 1. The largest absolute Gasteiger partial charge is 0.437 e. The lowest BCUT2D eigenvalue weighted by Crippen LogP contribution is -2.29. The summed E-state index contributed by atoms with van der Waals surface area (Å²) in [6.45, 7) is 15.6. The molecule has 2 aromatic heterocycles. The van der Waals surface area contributed by atoms with Crippen LogP contribution in [0.3, 0.4) is 0 Å². The summed E-state index contributed by atoms with van der Waals surface area (Å²) in [7, 11) is 0. The number of nitrogens with zero attached hydrogens (tertiary/aromatic N) is 3. The Kier molecular flexibility index (Phi) is 7.17. The Morgan fingerprint density at radius 3 is 2.41 bits per heavy atom. The number of piperidine rings is 1. The second kappa shape index (κ2) is 9.95. The van der Waals surface area contributed by atoms with Crippen molar-refractivity contribution in [3.63, 3.8) is 0 Å². The molecule has 5 nitrogen and oxygen atoms in total. The SMILES string of the molecule is CC(C)(C)Cc1nc(Nc2cccnc2Oc2ccccc2C(C)(C)C)sc1N1CCCCC1. The van der Waals surface area contributed by atoms with Crippen LogP contribution in [0.5, 0.6) is 11.6 Å². The van der Waals surface area contributed by atoms with Crippen molar-refractivity contribution in [2.75, 3.05) is 23.3 Å². The molecule has 1 aliphatic heterocycles. The Morgan fingerprint density at radius 2 is 1.71 bits per heavy atom. The molecule has 0 amide bonds. The van der Waals surface area contributed by atoms with Crippen LogP contribution in [0.15, 0.2) is 42.6 Å². The molecule has 1 N–H and O–H groups in total. The Morgan fingerprint density at radius 1 is 0.971 bits per heavy atom. The Balaban J connectivity index is 1.63. The van der Waals surface area contributed by atoms with Gasteiger partial charge in [-0.2, -0.15) is 0 Å². The van der Waals surface area contributed by atoms with Gasteiger partial charge in [0.2, 0.25) is 5.88 Å². The van der Waals surface area contributed by atoms with Gasteiger partial charge in [0.05, 0.1) is 5.69 Å². The number of anilines is 3. The van der Waals surface area contributed by atoms with Gasteiger partial charge in [-0.05, 0) is 54.7 Å². The van der Waals surface area contributed by atoms with E-state index in [1.807, 2.05) is 24.3 Å². The van der Waals surface area contributed by atoms with Gasteiger partial charge in [0.25, 0.3) is 0 Å². The van der Waals surface area contributed by atoms with E-state index in [1.165, 1.54) is 30.0 Å². The molecule has 1 aliphatic rings. The molecule has 0 aliphatic carbocycles. The Labute approximate surface area is 208 Å². The number of benzene rings is 1. The minimum absolute atomic E-state index is 0.0283. The first-order valence-corrected chi connectivity index (χ1v) is 13.2. The summed E-state index contributed by atoms with van der Waals surface area (Å²) in [5, 5.41) is 5.73. The van der Waals surface area contributed by atoms with E-state index in [-0.39, 0.29) is 10.8 Å². The number of aromatic nitrogens is 2. The molecule has 4 rings (SSSR count). The average molecular weight is 479 g/mol. The molecule has 0 spiro atoms. The summed E-state index contributed by atoms with van der Waals surface area (Å²) in [5.41, 5.74) is 3.31. The molecule has 3 aromatic rings. The van der Waals surface area contributed by atoms with E-state index in [0.717, 1.165) is 41.6 Å². The van der Waals surface area contributed by atoms with Gasteiger partial charge in [-0.25, -0.2) is 9.97 Å². The lowest BCUT2D eigenvalue weighted by Gasteiger charge is -2.29. The van der Waals surface area contributed by atoms with Gasteiger partial charge in [-0.1, -0.05) is 71.1 Å². The molecule has 6 heteroatoms. The monoisotopic (exact) mass is 478 g/mol. The molecule has 34 heavy (non-hydrogen) atoms. The number of hydrogen-bond donors (Lipinski definition) is 1. The lowest BCUT2D eigenvalue weighted by molar-refractivity contribution is 0.407. The molecular formula is C28H38N4OS. The number of nitrogens with one attached hydrogen (secondary N) is 1. The van der Waals surface area contributed by atoms with Gasteiger partial charge in [0.1, 0.15) is 16.4 Å². The molecular weight excluding hydrogens is 440 g/mol. The number of para-hydroxylation sites is 1. The minimum Gasteiger partial charge on any atom is -0.437 e. The molecule has 1 saturated heterocycles. The van der Waals surface area contributed by atoms with Crippen LogP contribution in [0, 0.1) is 5.41 Å². The molecule has 0 atom stereocenters. The van der Waals surface area contributed by atoms with Crippen LogP contribution in [-0.2, 0) is 11.8 Å². The Bertz CT molecular complexity index is 1100. The van der Waals surface area contributed by atoms with Crippen LogP contribution >= 0.6 is 11.3 Å². The zero-order valence-corrected chi connectivity index (χ0v) is 22.3. The van der Waals surface area contributed by atoms with E-state index in [2.05, 4.69) is 68.9 Å². The fourth-order valence-corrected chi connectivity index (χ4v) is 5.37. The van der Waals surface area contributed by atoms with Crippen LogP contribution in [0.2, 0.25) is 0 Å². The predicted molar refractivity (Wildman–Crippen MR) is 144 cm³/mol. The van der Waals surface area contributed by atoms with Crippen molar-refractivity contribution in [1.82, 2.24) is 9.97 Å². The number of hydrogen-bond acceptors (Lipinski definition) is 6. The average Bonchev–Trinajstić information content (AvgIpc) is 3.16. The highest BCUT2D eigenvalue weighted by molar-refractivity contribution is 7.19. The van der Waals surface area contributed by atoms with E-state index in [1.54, 1.807) is 17.5 Å². The summed E-state index contributed by atoms with van der Waals surface area (Å²) < 4.78 is 6.37. The standard InChI is InChI=1S/C28H38N4OS/c1-27(2,3)19-22-25(32-17-10-7-11-18-32)34-26(31-22)30-21-14-12-16-29-24(21)33-23-15-9-8-13-20(23)28(4,5)6/h8-9,12-16H,7,10-11,17-19H2,1-6H3,(H,30,31).